The highest BCUT2D eigenvalue weighted by Gasteiger charge is 2.32. The molecule has 0 unspecified atom stereocenters. The summed E-state index contributed by atoms with van der Waals surface area (Å²) in [5, 5.41) is 2.91. The van der Waals surface area contributed by atoms with Gasteiger partial charge in [0, 0.05) is 24.3 Å². The Kier molecular flexibility index (Phi) is 6.88. The van der Waals surface area contributed by atoms with Crippen LogP contribution in [0.1, 0.15) is 30.5 Å². The summed E-state index contributed by atoms with van der Waals surface area (Å²) >= 11 is 0. The van der Waals surface area contributed by atoms with E-state index in [4.69, 9.17) is 23.7 Å². The lowest BCUT2D eigenvalue weighted by Gasteiger charge is -2.37. The van der Waals surface area contributed by atoms with E-state index in [0.29, 0.717) is 48.3 Å². The second-order valence-corrected chi connectivity index (χ2v) is 7.77. The summed E-state index contributed by atoms with van der Waals surface area (Å²) < 4.78 is 26.8. The molecule has 0 spiro atoms. The molecule has 9 nitrogen and oxygen atoms in total. The Morgan fingerprint density at radius 2 is 1.85 bits per heavy atom. The molecular weight excluding hydrogens is 428 g/mol. The Morgan fingerprint density at radius 1 is 1.09 bits per heavy atom. The number of nitrogens with zero attached hydrogens (tertiary/aromatic N) is 1. The average Bonchev–Trinajstić information content (AvgIpc) is 3.27. The van der Waals surface area contributed by atoms with E-state index in [2.05, 4.69) is 5.32 Å². The van der Waals surface area contributed by atoms with Crippen molar-refractivity contribution in [3.63, 3.8) is 0 Å². The van der Waals surface area contributed by atoms with E-state index in [1.165, 1.54) is 0 Å². The fourth-order valence-corrected chi connectivity index (χ4v) is 4.25. The zero-order chi connectivity index (χ0) is 23.4. The van der Waals surface area contributed by atoms with Gasteiger partial charge < -0.3 is 29.0 Å². The molecule has 1 atom stereocenters. The van der Waals surface area contributed by atoms with Gasteiger partial charge in [-0.15, -0.1) is 0 Å². The van der Waals surface area contributed by atoms with E-state index in [0.717, 1.165) is 11.1 Å². The highest BCUT2D eigenvalue weighted by molar-refractivity contribution is 5.92. The van der Waals surface area contributed by atoms with Crippen molar-refractivity contribution in [2.24, 2.45) is 0 Å². The third kappa shape index (κ3) is 4.98. The number of ether oxygens (including phenoxy) is 5. The zero-order valence-corrected chi connectivity index (χ0v) is 19.0. The standard InChI is InChI=1S/C24H28N2O7/c1-4-31-24(28)12-18-17-11-21(30-3)20(29-2)9-15(17)7-8-26(18)13-23(27)25-16-5-6-19-22(10-16)33-14-32-19/h5-6,9-11,18H,4,7-8,12-14H2,1-3H3,(H,25,27)/t18-/m0/s1. The van der Waals surface area contributed by atoms with Crippen molar-refractivity contribution in [1.82, 2.24) is 4.90 Å². The summed E-state index contributed by atoms with van der Waals surface area (Å²) in [6, 6.07) is 8.77. The number of methoxy groups -OCH3 is 2. The lowest BCUT2D eigenvalue weighted by molar-refractivity contribution is -0.145. The first kappa shape index (κ1) is 22.7. The average molecular weight is 456 g/mol. The molecule has 4 rings (SSSR count). The molecule has 2 aromatic rings. The Morgan fingerprint density at radius 3 is 2.61 bits per heavy atom. The number of anilines is 1. The number of rotatable bonds is 8. The van der Waals surface area contributed by atoms with Crippen LogP contribution in [0.4, 0.5) is 5.69 Å². The SMILES string of the molecule is CCOC(=O)C[C@H]1c2cc(OC)c(OC)cc2CCN1CC(=O)Nc1ccc2c(c1)OCO2. The predicted octanol–water partition coefficient (Wildman–Crippen LogP) is 2.92. The van der Waals surface area contributed by atoms with Gasteiger partial charge in [-0.05, 0) is 48.7 Å². The molecule has 33 heavy (non-hydrogen) atoms. The van der Waals surface area contributed by atoms with Crippen molar-refractivity contribution in [1.29, 1.82) is 0 Å². The number of fused-ring (bicyclic) bond motifs is 2. The smallest absolute Gasteiger partial charge is 0.307 e. The molecule has 2 aliphatic rings. The Balaban J connectivity index is 1.54. The largest absolute Gasteiger partial charge is 0.493 e. The third-order valence-electron chi connectivity index (χ3n) is 5.78. The molecule has 0 saturated heterocycles. The first-order valence-electron chi connectivity index (χ1n) is 10.9. The zero-order valence-electron chi connectivity index (χ0n) is 19.0. The van der Waals surface area contributed by atoms with E-state index in [-0.39, 0.29) is 37.7 Å². The van der Waals surface area contributed by atoms with Crippen molar-refractivity contribution in [2.45, 2.75) is 25.8 Å². The van der Waals surface area contributed by atoms with Crippen molar-refractivity contribution in [3.8, 4) is 23.0 Å². The summed E-state index contributed by atoms with van der Waals surface area (Å²) in [6.07, 6.45) is 0.847. The molecule has 0 bridgehead atoms. The fraction of sp³-hybridized carbons (Fsp3) is 0.417. The molecule has 2 aromatic carbocycles. The van der Waals surface area contributed by atoms with Gasteiger partial charge in [0.05, 0.1) is 33.8 Å². The molecule has 2 aliphatic heterocycles. The molecule has 9 heteroatoms. The normalized spacial score (nSPS) is 16.6. The summed E-state index contributed by atoms with van der Waals surface area (Å²) in [4.78, 5) is 27.3. The van der Waals surface area contributed by atoms with Crippen LogP contribution >= 0.6 is 0 Å². The molecule has 1 N–H and O–H groups in total. The van der Waals surface area contributed by atoms with Gasteiger partial charge in [-0.3, -0.25) is 14.5 Å². The molecule has 0 aliphatic carbocycles. The van der Waals surface area contributed by atoms with Crippen LogP contribution in [-0.2, 0) is 20.7 Å². The maximum atomic E-state index is 12.9. The molecular formula is C24H28N2O7. The van der Waals surface area contributed by atoms with Gasteiger partial charge in [0.1, 0.15) is 0 Å². The topological polar surface area (TPSA) is 95.6 Å². The summed E-state index contributed by atoms with van der Waals surface area (Å²) in [6.45, 7) is 2.98. The number of esters is 1. The van der Waals surface area contributed by atoms with Crippen molar-refractivity contribution < 1.29 is 33.3 Å². The number of amides is 1. The first-order chi connectivity index (χ1) is 16.0. The summed E-state index contributed by atoms with van der Waals surface area (Å²) in [7, 11) is 3.17. The maximum Gasteiger partial charge on any atom is 0.307 e. The van der Waals surface area contributed by atoms with E-state index in [1.807, 2.05) is 17.0 Å². The molecule has 0 saturated carbocycles. The van der Waals surface area contributed by atoms with Gasteiger partial charge in [-0.2, -0.15) is 0 Å². The fourth-order valence-electron chi connectivity index (χ4n) is 4.25. The van der Waals surface area contributed by atoms with Crippen molar-refractivity contribution in [2.75, 3.05) is 46.0 Å². The first-order valence-corrected chi connectivity index (χ1v) is 10.9. The van der Waals surface area contributed by atoms with Crippen LogP contribution in [0.5, 0.6) is 23.0 Å². The monoisotopic (exact) mass is 456 g/mol. The van der Waals surface area contributed by atoms with E-state index in [9.17, 15) is 9.59 Å². The van der Waals surface area contributed by atoms with Gasteiger partial charge >= 0.3 is 5.97 Å². The van der Waals surface area contributed by atoms with Gasteiger partial charge in [0.25, 0.3) is 0 Å². The molecule has 0 radical (unpaired) electrons. The number of nitrogens with one attached hydrogen (secondary N) is 1. The molecule has 1 amide bonds. The van der Waals surface area contributed by atoms with E-state index >= 15 is 0 Å². The van der Waals surface area contributed by atoms with E-state index < -0.39 is 0 Å². The minimum absolute atomic E-state index is 0.117. The number of benzene rings is 2. The van der Waals surface area contributed by atoms with Crippen LogP contribution in [0.15, 0.2) is 30.3 Å². The van der Waals surface area contributed by atoms with Gasteiger partial charge in [0.15, 0.2) is 23.0 Å². The minimum Gasteiger partial charge on any atom is -0.493 e. The van der Waals surface area contributed by atoms with Gasteiger partial charge in [-0.1, -0.05) is 0 Å². The predicted molar refractivity (Wildman–Crippen MR) is 120 cm³/mol. The minimum atomic E-state index is -0.324. The van der Waals surface area contributed by atoms with Crippen LogP contribution in [0.3, 0.4) is 0 Å². The van der Waals surface area contributed by atoms with Gasteiger partial charge in [-0.25, -0.2) is 0 Å². The molecule has 176 valence electrons. The van der Waals surface area contributed by atoms with Crippen LogP contribution in [0, 0.1) is 0 Å². The van der Waals surface area contributed by atoms with Crippen LogP contribution in [0.25, 0.3) is 0 Å². The summed E-state index contributed by atoms with van der Waals surface area (Å²) in [5.74, 6) is 1.97. The van der Waals surface area contributed by atoms with Crippen LogP contribution in [0.2, 0.25) is 0 Å². The number of carbonyl (C=O) groups is 2. The quantitative estimate of drug-likeness (QED) is 0.606. The lowest BCUT2D eigenvalue weighted by atomic mass is 9.90. The molecule has 0 aromatic heterocycles. The Hall–Kier alpha value is -3.46. The lowest BCUT2D eigenvalue weighted by Crippen LogP contribution is -2.41. The van der Waals surface area contributed by atoms with Gasteiger partial charge in [0.2, 0.25) is 12.7 Å². The second kappa shape index (κ2) is 9.99. The number of hydrogen-bond acceptors (Lipinski definition) is 8. The second-order valence-electron chi connectivity index (χ2n) is 7.77. The number of hydrogen-bond donors (Lipinski definition) is 1. The summed E-state index contributed by atoms with van der Waals surface area (Å²) in [5.41, 5.74) is 2.62. The van der Waals surface area contributed by atoms with E-state index in [1.54, 1.807) is 39.3 Å². The Labute approximate surface area is 192 Å². The maximum absolute atomic E-state index is 12.9. The highest BCUT2D eigenvalue weighted by atomic mass is 16.7. The third-order valence-corrected chi connectivity index (χ3v) is 5.78. The number of carbonyl (C=O) groups excluding carboxylic acids is 2. The van der Waals surface area contributed by atoms with Crippen molar-refractivity contribution in [3.05, 3.63) is 41.5 Å². The Bertz CT molecular complexity index is 1040. The van der Waals surface area contributed by atoms with Crippen molar-refractivity contribution >= 4 is 17.6 Å². The van der Waals surface area contributed by atoms with Crippen LogP contribution in [-0.4, -0.2) is 57.5 Å². The molecule has 2 heterocycles. The highest BCUT2D eigenvalue weighted by Crippen LogP contribution is 2.39. The molecule has 0 fully saturated rings. The van der Waals surface area contributed by atoms with Crippen LogP contribution < -0.4 is 24.3 Å².